The van der Waals surface area contributed by atoms with E-state index >= 15 is 0 Å². The zero-order valence-corrected chi connectivity index (χ0v) is 9.99. The van der Waals surface area contributed by atoms with Crippen LogP contribution in [0.4, 0.5) is 14.5 Å². The molecule has 0 saturated carbocycles. The summed E-state index contributed by atoms with van der Waals surface area (Å²) >= 11 is 0. The highest BCUT2D eigenvalue weighted by atomic mass is 19.1. The van der Waals surface area contributed by atoms with Crippen LogP contribution >= 0.6 is 0 Å². The maximum absolute atomic E-state index is 13.8. The first-order valence-electron chi connectivity index (χ1n) is 5.66. The van der Waals surface area contributed by atoms with Crippen molar-refractivity contribution >= 4 is 11.6 Å². The molecule has 0 heterocycles. The van der Waals surface area contributed by atoms with E-state index in [4.69, 9.17) is 5.73 Å². The lowest BCUT2D eigenvalue weighted by Crippen LogP contribution is -2.22. The van der Waals surface area contributed by atoms with E-state index in [9.17, 15) is 13.6 Å². The van der Waals surface area contributed by atoms with Gasteiger partial charge in [-0.05, 0) is 23.8 Å². The molecular weight excluding hydrogens is 250 g/mol. The molecule has 3 N–H and O–H groups in total. The molecule has 0 aliphatic carbocycles. The molecule has 1 amide bonds. The Morgan fingerprint density at radius 3 is 2.47 bits per heavy atom. The number of anilines is 1. The number of hydrogen-bond acceptors (Lipinski definition) is 2. The molecule has 0 aliphatic heterocycles. The molecule has 98 valence electrons. The number of nitrogens with one attached hydrogen (secondary N) is 1. The van der Waals surface area contributed by atoms with E-state index in [0.29, 0.717) is 11.1 Å². The summed E-state index contributed by atoms with van der Waals surface area (Å²) in [5, 5.41) is 2.32. The minimum Gasteiger partial charge on any atom is -0.322 e. The average Bonchev–Trinajstić information content (AvgIpc) is 2.41. The second kappa shape index (κ2) is 5.58. The molecule has 0 radical (unpaired) electrons. The van der Waals surface area contributed by atoms with Crippen molar-refractivity contribution < 1.29 is 13.6 Å². The molecule has 0 spiro atoms. The van der Waals surface area contributed by atoms with Crippen molar-refractivity contribution in [3.8, 4) is 11.1 Å². The fourth-order valence-electron chi connectivity index (χ4n) is 1.68. The van der Waals surface area contributed by atoms with Gasteiger partial charge >= 0.3 is 0 Å². The van der Waals surface area contributed by atoms with Gasteiger partial charge in [0, 0.05) is 5.56 Å². The van der Waals surface area contributed by atoms with Crippen LogP contribution in [0.5, 0.6) is 0 Å². The molecule has 2 aromatic rings. The van der Waals surface area contributed by atoms with E-state index in [1.54, 1.807) is 18.2 Å². The lowest BCUT2D eigenvalue weighted by atomic mass is 10.0. The third-order valence-corrected chi connectivity index (χ3v) is 2.61. The molecule has 0 atom stereocenters. The normalized spacial score (nSPS) is 10.3. The summed E-state index contributed by atoms with van der Waals surface area (Å²) in [6.45, 7) is -0.228. The topological polar surface area (TPSA) is 55.1 Å². The largest absolute Gasteiger partial charge is 0.322 e. The van der Waals surface area contributed by atoms with E-state index in [0.717, 1.165) is 0 Å². The van der Waals surface area contributed by atoms with Crippen LogP contribution in [0.2, 0.25) is 0 Å². The standard InChI is InChI=1S/C14H12F2N2O/c15-11-4-2-1-3-10(11)9-5-6-13(12(16)7-9)18-14(19)8-17/h1-7H,8,17H2,(H,18,19). The van der Waals surface area contributed by atoms with Gasteiger partial charge in [-0.15, -0.1) is 0 Å². The Balaban J connectivity index is 2.34. The van der Waals surface area contributed by atoms with E-state index in [1.807, 2.05) is 0 Å². The Bertz CT molecular complexity index is 614. The molecule has 0 saturated heterocycles. The van der Waals surface area contributed by atoms with Gasteiger partial charge in [-0.25, -0.2) is 8.78 Å². The summed E-state index contributed by atoms with van der Waals surface area (Å²) in [4.78, 5) is 11.1. The van der Waals surface area contributed by atoms with Crippen LogP contribution < -0.4 is 11.1 Å². The van der Waals surface area contributed by atoms with E-state index in [2.05, 4.69) is 5.32 Å². The van der Waals surface area contributed by atoms with Gasteiger partial charge in [0.05, 0.1) is 12.2 Å². The maximum Gasteiger partial charge on any atom is 0.238 e. The molecule has 0 aromatic heterocycles. The highest BCUT2D eigenvalue weighted by Gasteiger charge is 2.09. The third kappa shape index (κ3) is 2.95. The third-order valence-electron chi connectivity index (χ3n) is 2.61. The van der Waals surface area contributed by atoms with Gasteiger partial charge in [-0.1, -0.05) is 24.3 Å². The van der Waals surface area contributed by atoms with Gasteiger partial charge < -0.3 is 11.1 Å². The lowest BCUT2D eigenvalue weighted by molar-refractivity contribution is -0.114. The van der Waals surface area contributed by atoms with Crippen LogP contribution in [0, 0.1) is 11.6 Å². The van der Waals surface area contributed by atoms with Crippen LogP contribution in [0.1, 0.15) is 0 Å². The molecule has 5 heteroatoms. The number of hydrogen-bond donors (Lipinski definition) is 2. The Hall–Kier alpha value is -2.27. The van der Waals surface area contributed by atoms with E-state index < -0.39 is 17.5 Å². The maximum atomic E-state index is 13.8. The molecular formula is C14H12F2N2O. The predicted molar refractivity (Wildman–Crippen MR) is 69.5 cm³/mol. The number of carbonyl (C=O) groups excluding carboxylic acids is 1. The minimum atomic E-state index is -0.637. The smallest absolute Gasteiger partial charge is 0.238 e. The molecule has 2 aromatic carbocycles. The molecule has 2 rings (SSSR count). The second-order valence-electron chi connectivity index (χ2n) is 3.93. The first-order valence-corrected chi connectivity index (χ1v) is 5.66. The average molecular weight is 262 g/mol. The summed E-state index contributed by atoms with van der Waals surface area (Å²) < 4.78 is 27.3. The van der Waals surface area contributed by atoms with Crippen LogP contribution in [-0.4, -0.2) is 12.5 Å². The molecule has 0 fully saturated rings. The van der Waals surface area contributed by atoms with Crippen LogP contribution in [0.3, 0.4) is 0 Å². The Kier molecular flexibility index (Phi) is 3.87. The van der Waals surface area contributed by atoms with Gasteiger partial charge in [0.25, 0.3) is 0 Å². The summed E-state index contributed by atoms with van der Waals surface area (Å²) in [5.41, 5.74) is 5.86. The van der Waals surface area contributed by atoms with Crippen molar-refractivity contribution in [3.05, 3.63) is 54.1 Å². The zero-order valence-electron chi connectivity index (χ0n) is 9.99. The molecule has 0 aliphatic rings. The van der Waals surface area contributed by atoms with Crippen molar-refractivity contribution in [3.63, 3.8) is 0 Å². The van der Waals surface area contributed by atoms with Crippen molar-refractivity contribution in [2.45, 2.75) is 0 Å². The number of rotatable bonds is 3. The van der Waals surface area contributed by atoms with Crippen LogP contribution in [0.25, 0.3) is 11.1 Å². The fourth-order valence-corrected chi connectivity index (χ4v) is 1.68. The highest BCUT2D eigenvalue weighted by Crippen LogP contribution is 2.26. The Morgan fingerprint density at radius 2 is 1.84 bits per heavy atom. The summed E-state index contributed by atoms with van der Waals surface area (Å²) in [6.07, 6.45) is 0. The van der Waals surface area contributed by atoms with Crippen molar-refractivity contribution in [1.82, 2.24) is 0 Å². The Morgan fingerprint density at radius 1 is 1.11 bits per heavy atom. The van der Waals surface area contributed by atoms with Crippen molar-refractivity contribution in [2.75, 3.05) is 11.9 Å². The molecule has 19 heavy (non-hydrogen) atoms. The second-order valence-corrected chi connectivity index (χ2v) is 3.93. The Labute approximate surface area is 109 Å². The number of halogens is 2. The molecule has 0 unspecified atom stereocenters. The van der Waals surface area contributed by atoms with Gasteiger partial charge in [0.15, 0.2) is 0 Å². The lowest BCUT2D eigenvalue weighted by Gasteiger charge is -2.08. The van der Waals surface area contributed by atoms with Crippen LogP contribution in [0.15, 0.2) is 42.5 Å². The monoisotopic (exact) mass is 262 g/mol. The quantitative estimate of drug-likeness (QED) is 0.893. The number of benzene rings is 2. The first-order chi connectivity index (χ1) is 9.11. The number of nitrogens with two attached hydrogens (primary N) is 1. The summed E-state index contributed by atoms with van der Waals surface area (Å²) in [6, 6.07) is 10.2. The molecule has 3 nitrogen and oxygen atoms in total. The minimum absolute atomic E-state index is 0.0236. The van der Waals surface area contributed by atoms with E-state index in [-0.39, 0.29) is 12.2 Å². The number of amides is 1. The van der Waals surface area contributed by atoms with Crippen molar-refractivity contribution in [2.24, 2.45) is 5.73 Å². The SMILES string of the molecule is NCC(=O)Nc1ccc(-c2ccccc2F)cc1F. The molecule has 0 bridgehead atoms. The first kappa shape index (κ1) is 13.2. The number of carbonyl (C=O) groups is 1. The van der Waals surface area contributed by atoms with Gasteiger partial charge in [-0.3, -0.25) is 4.79 Å². The van der Waals surface area contributed by atoms with Gasteiger partial charge in [0.1, 0.15) is 11.6 Å². The zero-order chi connectivity index (χ0) is 13.8. The highest BCUT2D eigenvalue weighted by molar-refractivity contribution is 5.92. The summed E-state index contributed by atoms with van der Waals surface area (Å²) in [7, 11) is 0. The van der Waals surface area contributed by atoms with Crippen LogP contribution in [-0.2, 0) is 4.79 Å². The van der Waals surface area contributed by atoms with Gasteiger partial charge in [-0.2, -0.15) is 0 Å². The van der Waals surface area contributed by atoms with Gasteiger partial charge in [0.2, 0.25) is 5.91 Å². The predicted octanol–water partition coefficient (Wildman–Crippen LogP) is 2.53. The van der Waals surface area contributed by atoms with E-state index in [1.165, 1.54) is 24.3 Å². The summed E-state index contributed by atoms with van der Waals surface area (Å²) in [5.74, 6) is -1.55. The van der Waals surface area contributed by atoms with Crippen molar-refractivity contribution in [1.29, 1.82) is 0 Å². The fraction of sp³-hybridized carbons (Fsp3) is 0.0714.